The van der Waals surface area contributed by atoms with Gasteiger partial charge in [-0.3, -0.25) is 14.4 Å². The van der Waals surface area contributed by atoms with Gasteiger partial charge in [0.15, 0.2) is 0 Å². The zero-order valence-electron chi connectivity index (χ0n) is 20.6. The van der Waals surface area contributed by atoms with Gasteiger partial charge in [-0.2, -0.15) is 0 Å². The summed E-state index contributed by atoms with van der Waals surface area (Å²) in [6, 6.07) is 1.33. The third kappa shape index (κ3) is 4.57. The molecule has 1 saturated heterocycles. The molecule has 2 aliphatic carbocycles. The van der Waals surface area contributed by atoms with Crippen LogP contribution in [0.2, 0.25) is 0 Å². The molecule has 1 aromatic rings. The third-order valence-electron chi connectivity index (χ3n) is 8.42. The van der Waals surface area contributed by atoms with Crippen LogP contribution < -0.4 is 10.3 Å². The second kappa shape index (κ2) is 9.66. The molecule has 0 aromatic carbocycles. The Hall–Kier alpha value is -2.84. The molecular weight excluding hydrogens is 450 g/mol. The summed E-state index contributed by atoms with van der Waals surface area (Å²) < 4.78 is 12.5. The molecule has 190 valence electrons. The number of methoxy groups -OCH3 is 1. The van der Waals surface area contributed by atoms with E-state index in [2.05, 4.69) is 0 Å². The maximum Gasteiger partial charge on any atom is 0.343 e. The van der Waals surface area contributed by atoms with Crippen LogP contribution in [0.5, 0.6) is 5.75 Å². The van der Waals surface area contributed by atoms with Crippen molar-refractivity contribution < 1.29 is 23.9 Å². The Labute approximate surface area is 205 Å². The molecule has 3 fully saturated rings. The highest BCUT2D eigenvalue weighted by Gasteiger charge is 2.58. The van der Waals surface area contributed by atoms with Crippen molar-refractivity contribution in [3.05, 3.63) is 27.7 Å². The normalized spacial score (nSPS) is 23.1. The van der Waals surface area contributed by atoms with Crippen LogP contribution >= 0.6 is 0 Å². The number of pyridine rings is 1. The zero-order valence-corrected chi connectivity index (χ0v) is 20.6. The Kier molecular flexibility index (Phi) is 6.59. The summed E-state index contributed by atoms with van der Waals surface area (Å²) in [5, 5.41) is 0. The minimum Gasteiger partial charge on any atom is -0.491 e. The maximum absolute atomic E-state index is 13.3. The van der Waals surface area contributed by atoms with Gasteiger partial charge in [-0.15, -0.1) is 0 Å². The van der Waals surface area contributed by atoms with E-state index in [0.717, 1.165) is 25.7 Å². The van der Waals surface area contributed by atoms with Gasteiger partial charge in [-0.25, -0.2) is 4.79 Å². The first-order valence-electron chi connectivity index (χ1n) is 13.0. The number of hydrogen-bond donors (Lipinski definition) is 0. The number of esters is 1. The summed E-state index contributed by atoms with van der Waals surface area (Å²) in [6.07, 6.45) is 8.73. The average molecular weight is 486 g/mol. The fraction of sp³-hybridized carbons (Fsp3) is 0.692. The molecule has 2 aliphatic heterocycles. The summed E-state index contributed by atoms with van der Waals surface area (Å²) >= 11 is 0. The number of fused-ring (bicyclic) bond motifs is 1. The second-order valence-corrected chi connectivity index (χ2v) is 10.4. The van der Waals surface area contributed by atoms with Crippen molar-refractivity contribution in [3.8, 4) is 5.75 Å². The number of carbonyl (C=O) groups is 3. The van der Waals surface area contributed by atoms with Gasteiger partial charge in [-0.05, 0) is 31.1 Å². The molecule has 9 nitrogen and oxygen atoms in total. The second-order valence-electron chi connectivity index (χ2n) is 10.4. The van der Waals surface area contributed by atoms with E-state index in [0.29, 0.717) is 51.3 Å². The van der Waals surface area contributed by atoms with Crippen LogP contribution in [0.1, 0.15) is 67.4 Å². The largest absolute Gasteiger partial charge is 0.491 e. The monoisotopic (exact) mass is 485 g/mol. The van der Waals surface area contributed by atoms with Gasteiger partial charge in [0.05, 0.1) is 13.7 Å². The highest BCUT2D eigenvalue weighted by atomic mass is 16.5. The van der Waals surface area contributed by atoms with Crippen LogP contribution in [0, 0.1) is 11.3 Å². The van der Waals surface area contributed by atoms with Crippen molar-refractivity contribution in [2.45, 2.75) is 64.3 Å². The number of ether oxygens (including phenoxy) is 2. The number of rotatable bonds is 6. The summed E-state index contributed by atoms with van der Waals surface area (Å²) in [5.74, 6) is 0.0124. The number of nitrogens with zero attached hydrogens (tertiary/aromatic N) is 3. The van der Waals surface area contributed by atoms with Gasteiger partial charge in [0, 0.05) is 56.7 Å². The first-order chi connectivity index (χ1) is 16.9. The van der Waals surface area contributed by atoms with E-state index in [9.17, 15) is 19.2 Å². The summed E-state index contributed by atoms with van der Waals surface area (Å²) in [4.78, 5) is 54.6. The van der Waals surface area contributed by atoms with Gasteiger partial charge in [0.25, 0.3) is 5.56 Å². The van der Waals surface area contributed by atoms with Crippen molar-refractivity contribution in [2.24, 2.45) is 11.3 Å². The summed E-state index contributed by atoms with van der Waals surface area (Å²) in [5.41, 5.74) is 0.740. The highest BCUT2D eigenvalue weighted by Crippen LogP contribution is 2.61. The predicted molar refractivity (Wildman–Crippen MR) is 127 cm³/mol. The fourth-order valence-electron chi connectivity index (χ4n) is 6.34. The Morgan fingerprint density at radius 2 is 1.83 bits per heavy atom. The molecular formula is C26H35N3O6. The molecule has 9 heteroatoms. The highest BCUT2D eigenvalue weighted by molar-refractivity contribution is 5.93. The molecule has 2 saturated carbocycles. The molecule has 3 heterocycles. The van der Waals surface area contributed by atoms with Gasteiger partial charge in [0.1, 0.15) is 17.9 Å². The number of carbonyl (C=O) groups excluding carboxylic acids is 3. The zero-order chi connectivity index (χ0) is 24.6. The van der Waals surface area contributed by atoms with Crippen LogP contribution in [0.15, 0.2) is 10.9 Å². The molecule has 5 rings (SSSR count). The standard InChI is InChI=1S/C26H35N3O6/c1-34-25(33)23-19-7-11-28(24(32)18-17-26(18)8-3-2-4-9-26)12-13-29(19)22(31)16-20(23)35-15-14-27-10-5-6-21(27)30/h16,18H,2-15,17H2,1H3/t18-/m1/s1. The lowest BCUT2D eigenvalue weighted by Crippen LogP contribution is -2.36. The van der Waals surface area contributed by atoms with E-state index in [1.807, 2.05) is 4.90 Å². The molecule has 2 amide bonds. The first kappa shape index (κ1) is 23.9. The van der Waals surface area contributed by atoms with E-state index in [-0.39, 0.29) is 46.6 Å². The van der Waals surface area contributed by atoms with Crippen molar-refractivity contribution >= 4 is 17.8 Å². The van der Waals surface area contributed by atoms with Crippen LogP contribution in [-0.2, 0) is 27.3 Å². The van der Waals surface area contributed by atoms with Crippen molar-refractivity contribution in [1.29, 1.82) is 0 Å². The van der Waals surface area contributed by atoms with Crippen LogP contribution in [0.4, 0.5) is 0 Å². The lowest BCUT2D eigenvalue weighted by atomic mass is 9.84. The van der Waals surface area contributed by atoms with Crippen molar-refractivity contribution in [3.63, 3.8) is 0 Å². The molecule has 0 N–H and O–H groups in total. The Bertz CT molecular complexity index is 1070. The predicted octanol–water partition coefficient (Wildman–Crippen LogP) is 1.99. The SMILES string of the molecule is COC(=O)c1c(OCCN2CCCC2=O)cc(=O)n2c1CCN(C(=O)[C@H]1CC13CCCCC3)CC2. The minimum absolute atomic E-state index is 0.0965. The third-order valence-corrected chi connectivity index (χ3v) is 8.42. The van der Waals surface area contributed by atoms with Crippen LogP contribution in [0.3, 0.4) is 0 Å². The van der Waals surface area contributed by atoms with E-state index >= 15 is 0 Å². The fourth-order valence-corrected chi connectivity index (χ4v) is 6.34. The summed E-state index contributed by atoms with van der Waals surface area (Å²) in [6.45, 7) is 2.55. The number of aromatic nitrogens is 1. The molecule has 35 heavy (non-hydrogen) atoms. The lowest BCUT2D eigenvalue weighted by Gasteiger charge is -2.25. The molecule has 0 radical (unpaired) electrons. The topological polar surface area (TPSA) is 98.2 Å². The van der Waals surface area contributed by atoms with E-state index in [4.69, 9.17) is 9.47 Å². The van der Waals surface area contributed by atoms with E-state index < -0.39 is 5.97 Å². The van der Waals surface area contributed by atoms with Crippen molar-refractivity contribution in [2.75, 3.05) is 39.9 Å². The molecule has 1 aromatic heterocycles. The molecule has 0 unspecified atom stereocenters. The van der Waals surface area contributed by atoms with Crippen LogP contribution in [-0.4, -0.2) is 72.0 Å². The Morgan fingerprint density at radius 1 is 1.03 bits per heavy atom. The Morgan fingerprint density at radius 3 is 2.54 bits per heavy atom. The van der Waals surface area contributed by atoms with E-state index in [1.54, 1.807) is 9.47 Å². The van der Waals surface area contributed by atoms with Crippen LogP contribution in [0.25, 0.3) is 0 Å². The Balaban J connectivity index is 1.32. The van der Waals surface area contributed by atoms with Gasteiger partial charge in [-0.1, -0.05) is 19.3 Å². The van der Waals surface area contributed by atoms with Gasteiger partial charge < -0.3 is 23.8 Å². The number of hydrogen-bond acceptors (Lipinski definition) is 6. The molecule has 1 atom stereocenters. The minimum atomic E-state index is -0.566. The quantitative estimate of drug-likeness (QED) is 0.572. The van der Waals surface area contributed by atoms with E-state index in [1.165, 1.54) is 32.4 Å². The van der Waals surface area contributed by atoms with Gasteiger partial charge in [0.2, 0.25) is 11.8 Å². The number of likely N-dealkylation sites (tertiary alicyclic amines) is 1. The molecule has 1 spiro atoms. The lowest BCUT2D eigenvalue weighted by molar-refractivity contribution is -0.133. The average Bonchev–Trinajstić information content (AvgIpc) is 3.47. The van der Waals surface area contributed by atoms with Gasteiger partial charge >= 0.3 is 5.97 Å². The molecule has 4 aliphatic rings. The smallest absolute Gasteiger partial charge is 0.343 e. The summed E-state index contributed by atoms with van der Waals surface area (Å²) in [7, 11) is 1.31. The first-order valence-corrected chi connectivity index (χ1v) is 13.0. The van der Waals surface area contributed by atoms with Crippen molar-refractivity contribution in [1.82, 2.24) is 14.4 Å². The number of amides is 2. The molecule has 0 bridgehead atoms. The maximum atomic E-state index is 13.3.